The number of nitrogens with zero attached hydrogens (tertiary/aromatic N) is 3. The van der Waals surface area contributed by atoms with Gasteiger partial charge in [-0.05, 0) is 44.7 Å². The molecule has 0 aliphatic carbocycles. The molecule has 0 spiro atoms. The van der Waals surface area contributed by atoms with E-state index >= 15 is 0 Å². The van der Waals surface area contributed by atoms with Crippen LogP contribution in [0, 0.1) is 13.8 Å². The van der Waals surface area contributed by atoms with Crippen molar-refractivity contribution in [3.8, 4) is 0 Å². The van der Waals surface area contributed by atoms with Gasteiger partial charge in [0.05, 0.1) is 0 Å². The first kappa shape index (κ1) is 19.3. The number of aryl methyl sites for hydroxylation is 2. The summed E-state index contributed by atoms with van der Waals surface area (Å²) in [5, 5.41) is 6.26. The molecule has 0 saturated carbocycles. The lowest BCUT2D eigenvalue weighted by atomic mass is 10.1. The molecule has 27 heavy (non-hydrogen) atoms. The Balaban J connectivity index is 1.38. The summed E-state index contributed by atoms with van der Waals surface area (Å²) >= 11 is 0. The van der Waals surface area contributed by atoms with Crippen LogP contribution in [-0.4, -0.2) is 35.5 Å². The van der Waals surface area contributed by atoms with Gasteiger partial charge in [0.2, 0.25) is 11.9 Å². The minimum absolute atomic E-state index is 0.0196. The molecular formula is C21H29N5O. The topological polar surface area (TPSA) is 70.2 Å². The summed E-state index contributed by atoms with van der Waals surface area (Å²) in [7, 11) is 0. The number of anilines is 2. The quantitative estimate of drug-likeness (QED) is 0.736. The van der Waals surface area contributed by atoms with Crippen LogP contribution in [-0.2, 0) is 11.3 Å². The van der Waals surface area contributed by atoms with Crippen molar-refractivity contribution in [2.75, 3.05) is 29.9 Å². The summed E-state index contributed by atoms with van der Waals surface area (Å²) in [6.07, 6.45) is 7.92. The number of hydrogen-bond donors (Lipinski definition) is 2. The highest BCUT2D eigenvalue weighted by Crippen LogP contribution is 2.16. The van der Waals surface area contributed by atoms with E-state index in [0.29, 0.717) is 19.5 Å². The molecular weight excluding hydrogens is 338 g/mol. The zero-order valence-electron chi connectivity index (χ0n) is 16.3. The van der Waals surface area contributed by atoms with Crippen LogP contribution < -0.4 is 15.5 Å². The van der Waals surface area contributed by atoms with Gasteiger partial charge in [0.1, 0.15) is 0 Å². The van der Waals surface area contributed by atoms with Gasteiger partial charge in [0.25, 0.3) is 0 Å². The average Bonchev–Trinajstić information content (AvgIpc) is 2.69. The van der Waals surface area contributed by atoms with Crippen LogP contribution in [0.25, 0.3) is 0 Å². The first-order valence-electron chi connectivity index (χ1n) is 9.75. The Bertz CT molecular complexity index is 754. The average molecular weight is 367 g/mol. The predicted molar refractivity (Wildman–Crippen MR) is 109 cm³/mol. The van der Waals surface area contributed by atoms with Crippen molar-refractivity contribution in [3.63, 3.8) is 0 Å². The van der Waals surface area contributed by atoms with Gasteiger partial charge in [-0.3, -0.25) is 4.79 Å². The molecule has 1 amide bonds. The van der Waals surface area contributed by atoms with Crippen molar-refractivity contribution in [3.05, 3.63) is 47.3 Å². The van der Waals surface area contributed by atoms with E-state index in [-0.39, 0.29) is 5.91 Å². The molecule has 2 aromatic rings. The number of rotatable bonds is 7. The number of carbonyl (C=O) groups is 1. The molecule has 0 bridgehead atoms. The molecule has 1 saturated heterocycles. The number of hydrogen-bond acceptors (Lipinski definition) is 5. The maximum absolute atomic E-state index is 12.1. The summed E-state index contributed by atoms with van der Waals surface area (Å²) in [6, 6.07) is 6.03. The second kappa shape index (κ2) is 9.46. The standard InChI is InChI=1S/C21H29N5O/c1-16-6-7-19(17(2)12-16)25-20(27)8-9-22-13-18-14-23-21(24-15-18)26-10-4-3-5-11-26/h6-7,12,14-15,22H,3-5,8-11,13H2,1-2H3,(H,25,27). The van der Waals surface area contributed by atoms with Gasteiger partial charge in [0, 0.05) is 56.2 Å². The number of nitrogens with one attached hydrogen (secondary N) is 2. The van der Waals surface area contributed by atoms with E-state index in [1.807, 2.05) is 38.4 Å². The van der Waals surface area contributed by atoms with Gasteiger partial charge in [-0.25, -0.2) is 9.97 Å². The van der Waals surface area contributed by atoms with Gasteiger partial charge in [-0.15, -0.1) is 0 Å². The molecule has 0 unspecified atom stereocenters. The predicted octanol–water partition coefficient (Wildman–Crippen LogP) is 3.20. The van der Waals surface area contributed by atoms with Crippen molar-refractivity contribution in [2.24, 2.45) is 0 Å². The Morgan fingerprint density at radius 1 is 1.11 bits per heavy atom. The van der Waals surface area contributed by atoms with E-state index < -0.39 is 0 Å². The lowest BCUT2D eigenvalue weighted by Gasteiger charge is -2.26. The van der Waals surface area contributed by atoms with Crippen molar-refractivity contribution < 1.29 is 4.79 Å². The summed E-state index contributed by atoms with van der Waals surface area (Å²) in [6.45, 7) is 7.43. The molecule has 1 aliphatic heterocycles. The molecule has 1 aromatic carbocycles. The van der Waals surface area contributed by atoms with E-state index in [1.165, 1.54) is 24.8 Å². The number of carbonyl (C=O) groups excluding carboxylic acids is 1. The number of aromatic nitrogens is 2. The van der Waals surface area contributed by atoms with Crippen molar-refractivity contribution in [1.29, 1.82) is 0 Å². The maximum atomic E-state index is 12.1. The molecule has 6 nitrogen and oxygen atoms in total. The van der Waals surface area contributed by atoms with Gasteiger partial charge >= 0.3 is 0 Å². The summed E-state index contributed by atoms with van der Waals surface area (Å²) < 4.78 is 0. The number of benzene rings is 1. The number of amides is 1. The molecule has 2 N–H and O–H groups in total. The second-order valence-electron chi connectivity index (χ2n) is 7.23. The fourth-order valence-electron chi connectivity index (χ4n) is 3.30. The lowest BCUT2D eigenvalue weighted by Crippen LogP contribution is -2.31. The molecule has 6 heteroatoms. The third kappa shape index (κ3) is 5.76. The van der Waals surface area contributed by atoms with E-state index in [0.717, 1.165) is 35.9 Å². The Morgan fingerprint density at radius 2 is 1.85 bits per heavy atom. The van der Waals surface area contributed by atoms with Crippen LogP contribution in [0.3, 0.4) is 0 Å². The minimum atomic E-state index is 0.0196. The highest BCUT2D eigenvalue weighted by atomic mass is 16.1. The van der Waals surface area contributed by atoms with Gasteiger partial charge in [-0.1, -0.05) is 17.7 Å². The van der Waals surface area contributed by atoms with E-state index in [1.54, 1.807) is 0 Å². The molecule has 0 radical (unpaired) electrons. The Morgan fingerprint density at radius 3 is 2.56 bits per heavy atom. The van der Waals surface area contributed by atoms with E-state index in [4.69, 9.17) is 0 Å². The number of piperidine rings is 1. The molecule has 3 rings (SSSR count). The normalized spacial score (nSPS) is 14.2. The van der Waals surface area contributed by atoms with Gasteiger partial charge < -0.3 is 15.5 Å². The lowest BCUT2D eigenvalue weighted by molar-refractivity contribution is -0.116. The third-order valence-electron chi connectivity index (χ3n) is 4.84. The van der Waals surface area contributed by atoms with Crippen LogP contribution in [0.4, 0.5) is 11.6 Å². The SMILES string of the molecule is Cc1ccc(NC(=O)CCNCc2cnc(N3CCCCC3)nc2)c(C)c1. The van der Waals surface area contributed by atoms with E-state index in [9.17, 15) is 4.79 Å². The first-order chi connectivity index (χ1) is 13.1. The second-order valence-corrected chi connectivity index (χ2v) is 7.23. The summed E-state index contributed by atoms with van der Waals surface area (Å²) in [4.78, 5) is 23.3. The molecule has 2 heterocycles. The minimum Gasteiger partial charge on any atom is -0.341 e. The largest absolute Gasteiger partial charge is 0.341 e. The molecule has 0 atom stereocenters. The molecule has 1 aliphatic rings. The fourth-order valence-corrected chi connectivity index (χ4v) is 3.30. The van der Waals surface area contributed by atoms with Crippen LogP contribution in [0.5, 0.6) is 0 Å². The van der Waals surface area contributed by atoms with Crippen LogP contribution in [0.2, 0.25) is 0 Å². The Labute approximate surface area is 161 Å². The van der Waals surface area contributed by atoms with Crippen LogP contribution in [0.15, 0.2) is 30.6 Å². The molecule has 1 aromatic heterocycles. The molecule has 1 fully saturated rings. The van der Waals surface area contributed by atoms with Gasteiger partial charge in [0.15, 0.2) is 0 Å². The van der Waals surface area contributed by atoms with E-state index in [2.05, 4.69) is 31.6 Å². The highest BCUT2D eigenvalue weighted by Gasteiger charge is 2.13. The van der Waals surface area contributed by atoms with Crippen molar-refractivity contribution in [2.45, 2.75) is 46.1 Å². The van der Waals surface area contributed by atoms with Crippen LogP contribution >= 0.6 is 0 Å². The Kier molecular flexibility index (Phi) is 6.76. The zero-order valence-corrected chi connectivity index (χ0v) is 16.3. The molecule has 144 valence electrons. The summed E-state index contributed by atoms with van der Waals surface area (Å²) in [5.41, 5.74) is 4.20. The first-order valence-corrected chi connectivity index (χ1v) is 9.75. The summed E-state index contributed by atoms with van der Waals surface area (Å²) in [5.74, 6) is 0.845. The monoisotopic (exact) mass is 367 g/mol. The van der Waals surface area contributed by atoms with Crippen molar-refractivity contribution >= 4 is 17.5 Å². The van der Waals surface area contributed by atoms with Crippen LogP contribution in [0.1, 0.15) is 42.4 Å². The smallest absolute Gasteiger partial charge is 0.225 e. The zero-order chi connectivity index (χ0) is 19.1. The maximum Gasteiger partial charge on any atom is 0.225 e. The Hall–Kier alpha value is -2.47. The fraction of sp³-hybridized carbons (Fsp3) is 0.476. The van der Waals surface area contributed by atoms with Crippen molar-refractivity contribution in [1.82, 2.24) is 15.3 Å². The van der Waals surface area contributed by atoms with Gasteiger partial charge in [-0.2, -0.15) is 0 Å². The third-order valence-corrected chi connectivity index (χ3v) is 4.84. The highest BCUT2D eigenvalue weighted by molar-refractivity contribution is 5.91.